The van der Waals surface area contributed by atoms with Crippen molar-refractivity contribution in [1.29, 1.82) is 0 Å². The van der Waals surface area contributed by atoms with Gasteiger partial charge in [-0.25, -0.2) is 8.78 Å². The van der Waals surface area contributed by atoms with Gasteiger partial charge < -0.3 is 9.84 Å². The Labute approximate surface area is 216 Å². The second-order valence-electron chi connectivity index (χ2n) is 10.1. The topological polar surface area (TPSA) is 49.8 Å². The fourth-order valence-electron chi connectivity index (χ4n) is 5.43. The molecule has 1 saturated heterocycles. The van der Waals surface area contributed by atoms with Crippen molar-refractivity contribution in [2.75, 3.05) is 26.2 Å². The van der Waals surface area contributed by atoms with Crippen LogP contribution in [0.2, 0.25) is 0 Å². The fraction of sp³-hybridized carbons (Fsp3) is 0.323. The van der Waals surface area contributed by atoms with Gasteiger partial charge in [0.15, 0.2) is 0 Å². The zero-order valence-electron chi connectivity index (χ0n) is 20.9. The van der Waals surface area contributed by atoms with Crippen LogP contribution in [0.4, 0.5) is 8.78 Å². The molecule has 2 aliphatic rings. The summed E-state index contributed by atoms with van der Waals surface area (Å²) in [5.41, 5.74) is 7.09. The van der Waals surface area contributed by atoms with Crippen LogP contribution in [0.3, 0.4) is 0 Å². The van der Waals surface area contributed by atoms with Gasteiger partial charge in [-0.15, -0.1) is 0 Å². The summed E-state index contributed by atoms with van der Waals surface area (Å²) in [6.45, 7) is 4.71. The van der Waals surface area contributed by atoms with Crippen molar-refractivity contribution in [2.24, 2.45) is 5.92 Å². The van der Waals surface area contributed by atoms with E-state index in [1.165, 1.54) is 46.5 Å². The van der Waals surface area contributed by atoms with Crippen LogP contribution in [0.5, 0.6) is 5.75 Å². The summed E-state index contributed by atoms with van der Waals surface area (Å²) in [6, 6.07) is 19.1. The Morgan fingerprint density at radius 1 is 0.973 bits per heavy atom. The molecule has 192 valence electrons. The number of hydrogen-bond donors (Lipinski definition) is 1. The Morgan fingerprint density at radius 2 is 1.59 bits per heavy atom. The van der Waals surface area contributed by atoms with Crippen molar-refractivity contribution in [1.82, 2.24) is 4.90 Å². The first kappa shape index (κ1) is 25.2. The quantitative estimate of drug-likeness (QED) is 0.372. The number of ether oxygens (including phenoxy) is 1. The van der Waals surface area contributed by atoms with Crippen LogP contribution in [0.1, 0.15) is 47.9 Å². The third-order valence-electron chi connectivity index (χ3n) is 7.65. The lowest BCUT2D eigenvalue weighted by Crippen LogP contribution is -2.50. The fourth-order valence-corrected chi connectivity index (χ4v) is 5.43. The second kappa shape index (κ2) is 10.9. The Balaban J connectivity index is 1.24. The van der Waals surface area contributed by atoms with E-state index >= 15 is 0 Å². The molecular weight excluding hydrogens is 472 g/mol. The summed E-state index contributed by atoms with van der Waals surface area (Å²) >= 11 is 0. The largest absolute Gasteiger partial charge is 0.494 e. The lowest BCUT2D eigenvalue weighted by Gasteiger charge is -2.38. The predicted octanol–water partition coefficient (Wildman–Crippen LogP) is 6.30. The van der Waals surface area contributed by atoms with Crippen molar-refractivity contribution in [3.8, 4) is 5.75 Å². The maximum absolute atomic E-state index is 13.5. The van der Waals surface area contributed by atoms with Crippen LogP contribution >= 0.6 is 0 Å². The van der Waals surface area contributed by atoms with Gasteiger partial charge in [0.25, 0.3) is 0 Å². The molecule has 1 N–H and O–H groups in total. The number of aliphatic carboxylic acids is 1. The normalized spacial score (nSPS) is 16.0. The first-order chi connectivity index (χ1) is 17.9. The van der Waals surface area contributed by atoms with Crippen molar-refractivity contribution < 1.29 is 23.4 Å². The van der Waals surface area contributed by atoms with E-state index in [9.17, 15) is 13.6 Å². The minimum absolute atomic E-state index is 0.0335. The standard InChI is InChI=1S/C31H31F2NO3/c1-20-24(17-34-18-25(19-34)31(35)36)3-2-23-16-28(12-13-29(20)23)37-15-14-30(21-4-8-26(32)9-5-21)22-6-10-27(33)11-7-22/h4-13,16,25,30H,2-3,14-15,17-19H2,1H3,(H,35,36). The number of benzene rings is 3. The average Bonchev–Trinajstić information content (AvgIpc) is 2.86. The lowest BCUT2D eigenvalue weighted by atomic mass is 9.85. The van der Waals surface area contributed by atoms with E-state index in [2.05, 4.69) is 24.0 Å². The molecule has 0 spiro atoms. The highest BCUT2D eigenvalue weighted by Crippen LogP contribution is 2.35. The molecule has 0 saturated carbocycles. The first-order valence-electron chi connectivity index (χ1n) is 12.8. The SMILES string of the molecule is CC1=C(CN2CC(C(=O)O)C2)CCc2cc(OCCC(c3ccc(F)cc3)c3ccc(F)cc3)ccc21. The molecule has 37 heavy (non-hydrogen) atoms. The summed E-state index contributed by atoms with van der Waals surface area (Å²) in [6.07, 6.45) is 2.57. The molecule has 0 bridgehead atoms. The van der Waals surface area contributed by atoms with Crippen LogP contribution in [0.15, 0.2) is 72.3 Å². The molecule has 5 rings (SSSR count). The van der Waals surface area contributed by atoms with Gasteiger partial charge in [0.1, 0.15) is 17.4 Å². The Bertz CT molecular complexity index is 1250. The molecule has 0 amide bonds. The Kier molecular flexibility index (Phi) is 7.38. The van der Waals surface area contributed by atoms with Crippen LogP contribution in [0, 0.1) is 17.6 Å². The summed E-state index contributed by atoms with van der Waals surface area (Å²) in [7, 11) is 0. The Morgan fingerprint density at radius 3 is 2.19 bits per heavy atom. The highest BCUT2D eigenvalue weighted by atomic mass is 19.1. The smallest absolute Gasteiger partial charge is 0.309 e. The van der Waals surface area contributed by atoms with E-state index in [-0.39, 0.29) is 23.5 Å². The number of carboxylic acid groups (broad SMARTS) is 1. The molecule has 0 unspecified atom stereocenters. The zero-order chi connectivity index (χ0) is 25.9. The molecule has 3 aromatic carbocycles. The molecule has 1 heterocycles. The highest BCUT2D eigenvalue weighted by Gasteiger charge is 2.33. The number of likely N-dealkylation sites (tertiary alicyclic amines) is 1. The maximum atomic E-state index is 13.5. The van der Waals surface area contributed by atoms with Gasteiger partial charge in [-0.2, -0.15) is 0 Å². The van der Waals surface area contributed by atoms with Crippen LogP contribution < -0.4 is 4.74 Å². The lowest BCUT2D eigenvalue weighted by molar-refractivity contribution is -0.147. The van der Waals surface area contributed by atoms with Crippen molar-refractivity contribution in [2.45, 2.75) is 32.1 Å². The van der Waals surface area contributed by atoms with Gasteiger partial charge in [0.2, 0.25) is 0 Å². The number of carboxylic acids is 1. The highest BCUT2D eigenvalue weighted by molar-refractivity contribution is 5.73. The number of carbonyl (C=O) groups is 1. The van der Waals surface area contributed by atoms with Gasteiger partial charge in [-0.1, -0.05) is 35.9 Å². The van der Waals surface area contributed by atoms with E-state index in [1.54, 1.807) is 24.3 Å². The Hall–Kier alpha value is -3.51. The number of aryl methyl sites for hydroxylation is 1. The van der Waals surface area contributed by atoms with Gasteiger partial charge in [-0.05, 0) is 90.4 Å². The molecule has 0 aromatic heterocycles. The number of halogens is 2. The molecule has 4 nitrogen and oxygen atoms in total. The number of rotatable bonds is 9. The van der Waals surface area contributed by atoms with Crippen molar-refractivity contribution in [3.63, 3.8) is 0 Å². The monoisotopic (exact) mass is 503 g/mol. The molecule has 1 fully saturated rings. The molecular formula is C31H31F2NO3. The number of nitrogens with zero attached hydrogens (tertiary/aromatic N) is 1. The third kappa shape index (κ3) is 5.75. The van der Waals surface area contributed by atoms with Crippen LogP contribution in [-0.2, 0) is 11.2 Å². The summed E-state index contributed by atoms with van der Waals surface area (Å²) in [5, 5.41) is 9.11. The van der Waals surface area contributed by atoms with E-state index < -0.39 is 5.97 Å². The number of fused-ring (bicyclic) bond motifs is 1. The molecule has 3 aromatic rings. The maximum Gasteiger partial charge on any atom is 0.309 e. The first-order valence-corrected chi connectivity index (χ1v) is 12.8. The van der Waals surface area contributed by atoms with Gasteiger partial charge in [0.05, 0.1) is 12.5 Å². The number of allylic oxidation sites excluding steroid dienone is 1. The summed E-state index contributed by atoms with van der Waals surface area (Å²) in [5.74, 6) is -0.720. The molecule has 6 heteroatoms. The zero-order valence-corrected chi connectivity index (χ0v) is 20.9. The van der Waals surface area contributed by atoms with Gasteiger partial charge in [0, 0.05) is 25.6 Å². The molecule has 0 radical (unpaired) electrons. The van der Waals surface area contributed by atoms with E-state index in [1.807, 2.05) is 6.07 Å². The summed E-state index contributed by atoms with van der Waals surface area (Å²) in [4.78, 5) is 13.3. The minimum Gasteiger partial charge on any atom is -0.494 e. The van der Waals surface area contributed by atoms with Gasteiger partial charge in [-0.3, -0.25) is 9.69 Å². The van der Waals surface area contributed by atoms with Crippen molar-refractivity contribution in [3.05, 3.63) is 106 Å². The van der Waals surface area contributed by atoms with Crippen LogP contribution in [-0.4, -0.2) is 42.2 Å². The van der Waals surface area contributed by atoms with E-state index in [0.29, 0.717) is 26.1 Å². The van der Waals surface area contributed by atoms with E-state index in [0.717, 1.165) is 36.3 Å². The summed E-state index contributed by atoms with van der Waals surface area (Å²) < 4.78 is 33.1. The third-order valence-corrected chi connectivity index (χ3v) is 7.65. The van der Waals surface area contributed by atoms with Gasteiger partial charge >= 0.3 is 5.97 Å². The molecule has 1 aliphatic carbocycles. The number of hydrogen-bond acceptors (Lipinski definition) is 3. The van der Waals surface area contributed by atoms with Crippen LogP contribution in [0.25, 0.3) is 5.57 Å². The van der Waals surface area contributed by atoms with Crippen molar-refractivity contribution >= 4 is 11.5 Å². The molecule has 0 atom stereocenters. The average molecular weight is 504 g/mol. The minimum atomic E-state index is -0.704. The predicted molar refractivity (Wildman–Crippen MR) is 140 cm³/mol. The second-order valence-corrected chi connectivity index (χ2v) is 10.1. The van der Waals surface area contributed by atoms with E-state index in [4.69, 9.17) is 9.84 Å². The molecule has 1 aliphatic heterocycles.